The number of aromatic nitrogens is 1. The molecule has 58 valence electrons. The fourth-order valence-corrected chi connectivity index (χ4v) is 1.57. The molecule has 2 rings (SSSR count). The number of nitrogens with zero attached hydrogens (tertiary/aromatic N) is 1. The van der Waals surface area contributed by atoms with Gasteiger partial charge in [-0.15, -0.1) is 0 Å². The van der Waals surface area contributed by atoms with Gasteiger partial charge in [0.15, 0.2) is 0 Å². The van der Waals surface area contributed by atoms with Crippen LogP contribution in [0.5, 0.6) is 0 Å². The van der Waals surface area contributed by atoms with Crippen LogP contribution >= 0.6 is 0 Å². The Hall–Kier alpha value is -1.05. The standard InChI is InChI=1S/C9H12N2/c1-9(2)5-7-3-4-10-6-8(7)11-9/h3-4,6,11H,5H2,1-2H3. The van der Waals surface area contributed by atoms with E-state index in [0.717, 1.165) is 6.42 Å². The van der Waals surface area contributed by atoms with E-state index in [1.165, 1.54) is 11.3 Å². The molecule has 0 saturated carbocycles. The van der Waals surface area contributed by atoms with Crippen molar-refractivity contribution >= 4 is 5.69 Å². The van der Waals surface area contributed by atoms with E-state index in [-0.39, 0.29) is 5.54 Å². The normalized spacial score (nSPS) is 19.1. The lowest BCUT2D eigenvalue weighted by molar-refractivity contribution is 0.594. The maximum atomic E-state index is 4.06. The molecule has 1 aromatic heterocycles. The summed E-state index contributed by atoms with van der Waals surface area (Å²) in [6.45, 7) is 4.40. The Morgan fingerprint density at radius 3 is 3.09 bits per heavy atom. The number of hydrogen-bond donors (Lipinski definition) is 1. The molecule has 0 radical (unpaired) electrons. The SMILES string of the molecule is CC1(C)Cc2ccncc2N1. The van der Waals surface area contributed by atoms with Crippen LogP contribution in [0.1, 0.15) is 19.4 Å². The summed E-state index contributed by atoms with van der Waals surface area (Å²) in [5.41, 5.74) is 2.79. The maximum absolute atomic E-state index is 4.06. The van der Waals surface area contributed by atoms with Crippen LogP contribution in [-0.4, -0.2) is 10.5 Å². The highest BCUT2D eigenvalue weighted by Gasteiger charge is 2.26. The van der Waals surface area contributed by atoms with E-state index in [9.17, 15) is 0 Å². The van der Waals surface area contributed by atoms with E-state index in [1.807, 2.05) is 12.4 Å². The smallest absolute Gasteiger partial charge is 0.0564 e. The predicted molar refractivity (Wildman–Crippen MR) is 45.6 cm³/mol. The number of anilines is 1. The first-order chi connectivity index (χ1) is 5.17. The van der Waals surface area contributed by atoms with Gasteiger partial charge in [-0.1, -0.05) is 0 Å². The van der Waals surface area contributed by atoms with Crippen LogP contribution < -0.4 is 5.32 Å². The van der Waals surface area contributed by atoms with E-state index in [4.69, 9.17) is 0 Å². The molecule has 11 heavy (non-hydrogen) atoms. The summed E-state index contributed by atoms with van der Waals surface area (Å²) < 4.78 is 0. The predicted octanol–water partition coefficient (Wildman–Crippen LogP) is 1.83. The molecule has 2 heterocycles. The molecule has 2 heteroatoms. The van der Waals surface area contributed by atoms with Gasteiger partial charge in [-0.3, -0.25) is 4.98 Å². The summed E-state index contributed by atoms with van der Waals surface area (Å²) in [4.78, 5) is 4.06. The highest BCUT2D eigenvalue weighted by Crippen LogP contribution is 2.30. The molecular weight excluding hydrogens is 136 g/mol. The molecular formula is C9H12N2. The van der Waals surface area contributed by atoms with Crippen molar-refractivity contribution in [2.24, 2.45) is 0 Å². The third kappa shape index (κ3) is 1.09. The van der Waals surface area contributed by atoms with Gasteiger partial charge in [0.1, 0.15) is 0 Å². The third-order valence-electron chi connectivity index (χ3n) is 2.02. The van der Waals surface area contributed by atoms with Crippen LogP contribution in [0.4, 0.5) is 5.69 Å². The number of hydrogen-bond acceptors (Lipinski definition) is 2. The van der Waals surface area contributed by atoms with Crippen LogP contribution in [-0.2, 0) is 6.42 Å². The molecule has 0 bridgehead atoms. The number of nitrogens with one attached hydrogen (secondary N) is 1. The zero-order valence-electron chi connectivity index (χ0n) is 6.89. The van der Waals surface area contributed by atoms with Gasteiger partial charge in [0.25, 0.3) is 0 Å². The van der Waals surface area contributed by atoms with Crippen molar-refractivity contribution in [1.82, 2.24) is 4.98 Å². The summed E-state index contributed by atoms with van der Waals surface area (Å²) in [5, 5.41) is 3.41. The molecule has 0 spiro atoms. The molecule has 1 aromatic rings. The van der Waals surface area contributed by atoms with E-state index in [0.29, 0.717) is 0 Å². The van der Waals surface area contributed by atoms with Gasteiger partial charge in [0.05, 0.1) is 11.9 Å². The van der Waals surface area contributed by atoms with Crippen LogP contribution in [0.15, 0.2) is 18.5 Å². The summed E-state index contributed by atoms with van der Waals surface area (Å²) in [5.74, 6) is 0. The van der Waals surface area contributed by atoms with Crippen LogP contribution in [0, 0.1) is 0 Å². The second-order valence-electron chi connectivity index (χ2n) is 3.72. The zero-order chi connectivity index (χ0) is 7.90. The largest absolute Gasteiger partial charge is 0.378 e. The van der Waals surface area contributed by atoms with Crippen molar-refractivity contribution in [3.05, 3.63) is 24.0 Å². The quantitative estimate of drug-likeness (QED) is 0.607. The van der Waals surface area contributed by atoms with E-state index in [1.54, 1.807) is 0 Å². The lowest BCUT2D eigenvalue weighted by Gasteiger charge is -2.17. The van der Waals surface area contributed by atoms with Crippen LogP contribution in [0.25, 0.3) is 0 Å². The highest BCUT2D eigenvalue weighted by atomic mass is 15.0. The van der Waals surface area contributed by atoms with Gasteiger partial charge in [0, 0.05) is 11.7 Å². The first-order valence-electron chi connectivity index (χ1n) is 3.88. The molecule has 0 aliphatic carbocycles. The van der Waals surface area contributed by atoms with Crippen molar-refractivity contribution in [2.75, 3.05) is 5.32 Å². The second-order valence-corrected chi connectivity index (χ2v) is 3.72. The summed E-state index contributed by atoms with van der Waals surface area (Å²) in [6.07, 6.45) is 4.84. The summed E-state index contributed by atoms with van der Waals surface area (Å²) >= 11 is 0. The monoisotopic (exact) mass is 148 g/mol. The lowest BCUT2D eigenvalue weighted by atomic mass is 10.0. The van der Waals surface area contributed by atoms with Gasteiger partial charge in [-0.25, -0.2) is 0 Å². The molecule has 0 amide bonds. The van der Waals surface area contributed by atoms with E-state index < -0.39 is 0 Å². The highest BCUT2D eigenvalue weighted by molar-refractivity contribution is 5.56. The minimum absolute atomic E-state index is 0.214. The Morgan fingerprint density at radius 1 is 1.55 bits per heavy atom. The van der Waals surface area contributed by atoms with Gasteiger partial charge in [-0.2, -0.15) is 0 Å². The number of rotatable bonds is 0. The number of pyridine rings is 1. The van der Waals surface area contributed by atoms with Gasteiger partial charge in [0.2, 0.25) is 0 Å². The molecule has 1 N–H and O–H groups in total. The molecule has 0 saturated heterocycles. The zero-order valence-corrected chi connectivity index (χ0v) is 6.89. The van der Waals surface area contributed by atoms with Crippen LogP contribution in [0.3, 0.4) is 0 Å². The Kier molecular flexibility index (Phi) is 1.19. The molecule has 0 unspecified atom stereocenters. The van der Waals surface area contributed by atoms with Crippen LogP contribution in [0.2, 0.25) is 0 Å². The topological polar surface area (TPSA) is 24.9 Å². The average Bonchev–Trinajstić information content (AvgIpc) is 2.21. The third-order valence-corrected chi connectivity index (χ3v) is 2.02. The van der Waals surface area contributed by atoms with Gasteiger partial charge < -0.3 is 5.32 Å². The molecule has 0 fully saturated rings. The summed E-state index contributed by atoms with van der Waals surface area (Å²) in [7, 11) is 0. The maximum Gasteiger partial charge on any atom is 0.0564 e. The first-order valence-corrected chi connectivity index (χ1v) is 3.88. The fourth-order valence-electron chi connectivity index (χ4n) is 1.57. The minimum Gasteiger partial charge on any atom is -0.378 e. The Morgan fingerprint density at radius 2 is 2.36 bits per heavy atom. The Labute approximate surface area is 66.7 Å². The molecule has 0 atom stereocenters. The summed E-state index contributed by atoms with van der Waals surface area (Å²) in [6, 6.07) is 2.08. The molecule has 1 aliphatic rings. The average molecular weight is 148 g/mol. The Balaban J connectivity index is 2.41. The number of fused-ring (bicyclic) bond motifs is 1. The lowest BCUT2D eigenvalue weighted by Crippen LogP contribution is -2.27. The molecule has 1 aliphatic heterocycles. The van der Waals surface area contributed by atoms with E-state index >= 15 is 0 Å². The fraction of sp³-hybridized carbons (Fsp3) is 0.444. The minimum atomic E-state index is 0.214. The van der Waals surface area contributed by atoms with Crippen molar-refractivity contribution in [1.29, 1.82) is 0 Å². The van der Waals surface area contributed by atoms with Gasteiger partial charge >= 0.3 is 0 Å². The first kappa shape index (κ1) is 6.65. The van der Waals surface area contributed by atoms with Crippen molar-refractivity contribution < 1.29 is 0 Å². The molecule has 2 nitrogen and oxygen atoms in total. The van der Waals surface area contributed by atoms with Crippen molar-refractivity contribution in [3.63, 3.8) is 0 Å². The van der Waals surface area contributed by atoms with Gasteiger partial charge in [-0.05, 0) is 31.9 Å². The second kappa shape index (κ2) is 1.97. The molecule has 0 aromatic carbocycles. The van der Waals surface area contributed by atoms with Crippen molar-refractivity contribution in [2.45, 2.75) is 25.8 Å². The van der Waals surface area contributed by atoms with E-state index in [2.05, 4.69) is 30.2 Å². The Bertz CT molecular complexity index is 252. The van der Waals surface area contributed by atoms with Crippen molar-refractivity contribution in [3.8, 4) is 0 Å².